The molecule has 0 amide bonds. The van der Waals surface area contributed by atoms with Crippen molar-refractivity contribution >= 4 is 17.9 Å². The first-order valence-electron chi connectivity index (χ1n) is 31.8. The molecule has 0 spiro atoms. The van der Waals surface area contributed by atoms with E-state index in [0.29, 0.717) is 19.3 Å². The summed E-state index contributed by atoms with van der Waals surface area (Å²) in [6.45, 7) is 6.42. The highest BCUT2D eigenvalue weighted by Gasteiger charge is 2.19. The molecule has 0 heterocycles. The minimum Gasteiger partial charge on any atom is -0.462 e. The first kappa shape index (κ1) is 73.3. The molecule has 0 saturated heterocycles. The normalized spacial score (nSPS) is 13.1. The molecule has 1 atom stereocenters. The molecule has 0 radical (unpaired) electrons. The fraction of sp³-hybridized carbons (Fsp3) is 0.625. The number of rotatable bonds is 56. The third-order valence-electron chi connectivity index (χ3n) is 13.1. The first-order valence-corrected chi connectivity index (χ1v) is 31.8. The van der Waals surface area contributed by atoms with Gasteiger partial charge in [0, 0.05) is 19.3 Å². The summed E-state index contributed by atoms with van der Waals surface area (Å²) in [6.07, 6.45) is 93.1. The van der Waals surface area contributed by atoms with Gasteiger partial charge in [0.15, 0.2) is 6.10 Å². The van der Waals surface area contributed by atoms with Gasteiger partial charge in [-0.3, -0.25) is 14.4 Å². The van der Waals surface area contributed by atoms with Gasteiger partial charge >= 0.3 is 17.9 Å². The maximum Gasteiger partial charge on any atom is 0.306 e. The van der Waals surface area contributed by atoms with Crippen molar-refractivity contribution in [1.29, 1.82) is 0 Å². The summed E-state index contributed by atoms with van der Waals surface area (Å²) in [6, 6.07) is 0. The summed E-state index contributed by atoms with van der Waals surface area (Å²) < 4.78 is 16.8. The van der Waals surface area contributed by atoms with E-state index in [4.69, 9.17) is 14.2 Å². The Kier molecular flexibility index (Phi) is 60.9. The third-order valence-corrected chi connectivity index (χ3v) is 13.1. The van der Waals surface area contributed by atoms with E-state index in [0.717, 1.165) is 161 Å². The van der Waals surface area contributed by atoms with Crippen LogP contribution in [-0.2, 0) is 28.6 Å². The molecule has 0 aliphatic rings. The third kappa shape index (κ3) is 62.1. The topological polar surface area (TPSA) is 78.9 Å². The van der Waals surface area contributed by atoms with E-state index in [-0.39, 0.29) is 31.1 Å². The van der Waals surface area contributed by atoms with Gasteiger partial charge in [0.25, 0.3) is 0 Å². The van der Waals surface area contributed by atoms with Gasteiger partial charge in [-0.05, 0) is 128 Å². The zero-order valence-corrected chi connectivity index (χ0v) is 50.4. The Morgan fingerprint density at radius 3 is 0.782 bits per heavy atom. The number of carbonyl (C=O) groups is 3. The summed E-state index contributed by atoms with van der Waals surface area (Å²) in [5.74, 6) is -0.939. The Morgan fingerprint density at radius 2 is 0.500 bits per heavy atom. The molecule has 0 rings (SSSR count). The first-order chi connectivity index (χ1) is 38.5. The molecule has 0 saturated carbocycles. The number of carbonyl (C=O) groups excluding carboxylic acids is 3. The highest BCUT2D eigenvalue weighted by Crippen LogP contribution is 2.14. The van der Waals surface area contributed by atoms with Crippen molar-refractivity contribution in [2.45, 2.75) is 277 Å². The molecule has 440 valence electrons. The maximum absolute atomic E-state index is 12.8. The Hall–Kier alpha value is -4.71. The molecule has 0 aromatic carbocycles. The van der Waals surface area contributed by atoms with Crippen LogP contribution >= 0.6 is 0 Å². The van der Waals surface area contributed by atoms with Crippen LogP contribution in [0.15, 0.2) is 146 Å². The summed E-state index contributed by atoms with van der Waals surface area (Å²) in [5.41, 5.74) is 0. The van der Waals surface area contributed by atoms with Crippen molar-refractivity contribution in [2.75, 3.05) is 13.2 Å². The van der Waals surface area contributed by atoms with Gasteiger partial charge in [0.05, 0.1) is 0 Å². The average molecular weight is 1080 g/mol. The standard InChI is InChI=1S/C72H116O6/c1-4-7-10-13-16-18-20-22-24-26-28-30-31-32-33-34-35-36-37-38-39-40-41-43-44-46-48-50-52-54-56-59-62-65-71(74)77-68-69(67-76-70(73)64-61-58-15-12-9-6-3)78-72(75)66-63-60-57-55-53-51-49-47-45-42-29-27-25-23-21-19-17-14-11-8-5-2/h7,10,16,18,21-24,27-30,32-33,35-36,38-39,41,43,45-48,69H,4-6,8-9,11-15,17,19-20,25-26,31,34,37,40,42,44,49-68H2,1-3H3/b10-7-,18-16-,23-21-,24-22-,29-27-,30-28-,33-32-,36-35-,39-38-,43-41-,47-45-,48-46-. The molecule has 0 N–H and O–H groups in total. The molecule has 0 aliphatic carbocycles. The molecule has 78 heavy (non-hydrogen) atoms. The maximum atomic E-state index is 12.8. The molecule has 6 nitrogen and oxygen atoms in total. The van der Waals surface area contributed by atoms with E-state index >= 15 is 0 Å². The van der Waals surface area contributed by atoms with Crippen LogP contribution in [0.25, 0.3) is 0 Å². The van der Waals surface area contributed by atoms with Crippen molar-refractivity contribution in [3.05, 3.63) is 146 Å². The Morgan fingerprint density at radius 1 is 0.269 bits per heavy atom. The van der Waals surface area contributed by atoms with Gasteiger partial charge in [-0.25, -0.2) is 0 Å². The number of allylic oxidation sites excluding steroid dienone is 24. The fourth-order valence-corrected chi connectivity index (χ4v) is 8.32. The van der Waals surface area contributed by atoms with Crippen LogP contribution in [0.3, 0.4) is 0 Å². The van der Waals surface area contributed by atoms with Gasteiger partial charge < -0.3 is 14.2 Å². The van der Waals surface area contributed by atoms with E-state index in [2.05, 4.69) is 167 Å². The van der Waals surface area contributed by atoms with Crippen LogP contribution in [0.2, 0.25) is 0 Å². The fourth-order valence-electron chi connectivity index (χ4n) is 8.32. The van der Waals surface area contributed by atoms with Crippen LogP contribution in [0.4, 0.5) is 0 Å². The predicted molar refractivity (Wildman–Crippen MR) is 339 cm³/mol. The van der Waals surface area contributed by atoms with Gasteiger partial charge in [-0.1, -0.05) is 269 Å². The van der Waals surface area contributed by atoms with E-state index in [1.807, 2.05) is 0 Å². The Labute approximate surface area is 480 Å². The van der Waals surface area contributed by atoms with Crippen LogP contribution < -0.4 is 0 Å². The lowest BCUT2D eigenvalue weighted by molar-refractivity contribution is -0.167. The zero-order valence-electron chi connectivity index (χ0n) is 50.4. The van der Waals surface area contributed by atoms with Crippen molar-refractivity contribution < 1.29 is 28.6 Å². The van der Waals surface area contributed by atoms with Crippen molar-refractivity contribution in [3.8, 4) is 0 Å². The molecule has 6 heteroatoms. The molecule has 0 bridgehead atoms. The van der Waals surface area contributed by atoms with E-state index in [1.165, 1.54) is 70.6 Å². The summed E-state index contributed by atoms with van der Waals surface area (Å²) in [4.78, 5) is 38.0. The second-order valence-corrected chi connectivity index (χ2v) is 20.6. The second-order valence-electron chi connectivity index (χ2n) is 20.6. The average Bonchev–Trinajstić information content (AvgIpc) is 3.44. The van der Waals surface area contributed by atoms with Crippen molar-refractivity contribution in [1.82, 2.24) is 0 Å². The highest BCUT2D eigenvalue weighted by molar-refractivity contribution is 5.71. The summed E-state index contributed by atoms with van der Waals surface area (Å²) in [5, 5.41) is 0. The van der Waals surface area contributed by atoms with Gasteiger partial charge in [-0.15, -0.1) is 0 Å². The number of unbranched alkanes of at least 4 members (excludes halogenated alkanes) is 21. The monoisotopic (exact) mass is 1080 g/mol. The van der Waals surface area contributed by atoms with Crippen LogP contribution in [-0.4, -0.2) is 37.2 Å². The SMILES string of the molecule is CC/C=C\C/C=C\C/C=C\C/C=C\C/C=C\C/C=C\C/C=C\C/C=C\C/C=C\CCCCCCCC(=O)OCC(COC(=O)CCCCCCCC)OC(=O)CCCCCCCC/C=C\C/C=C\C/C=C\CCCCCCC. The zero-order chi connectivity index (χ0) is 56.4. The second kappa shape index (κ2) is 64.8. The lowest BCUT2D eigenvalue weighted by Gasteiger charge is -2.18. The van der Waals surface area contributed by atoms with E-state index < -0.39 is 6.10 Å². The summed E-state index contributed by atoms with van der Waals surface area (Å²) in [7, 11) is 0. The molecule has 1 unspecified atom stereocenters. The number of hydrogen-bond donors (Lipinski definition) is 0. The lowest BCUT2D eigenvalue weighted by atomic mass is 10.1. The molecule has 0 fully saturated rings. The highest BCUT2D eigenvalue weighted by atomic mass is 16.6. The largest absolute Gasteiger partial charge is 0.462 e. The van der Waals surface area contributed by atoms with Gasteiger partial charge in [-0.2, -0.15) is 0 Å². The molecule has 0 aromatic heterocycles. The molecular formula is C72H116O6. The quantitative estimate of drug-likeness (QED) is 0.0261. The number of ether oxygens (including phenoxy) is 3. The van der Waals surface area contributed by atoms with Gasteiger partial charge in [0.2, 0.25) is 0 Å². The minimum absolute atomic E-state index is 0.0938. The van der Waals surface area contributed by atoms with Crippen molar-refractivity contribution in [2.24, 2.45) is 0 Å². The van der Waals surface area contributed by atoms with Crippen molar-refractivity contribution in [3.63, 3.8) is 0 Å². The van der Waals surface area contributed by atoms with Crippen LogP contribution in [0.1, 0.15) is 271 Å². The summed E-state index contributed by atoms with van der Waals surface area (Å²) >= 11 is 0. The predicted octanol–water partition coefficient (Wildman–Crippen LogP) is 21.9. The van der Waals surface area contributed by atoms with E-state index in [9.17, 15) is 14.4 Å². The van der Waals surface area contributed by atoms with E-state index in [1.54, 1.807) is 0 Å². The lowest BCUT2D eigenvalue weighted by Crippen LogP contribution is -2.30. The van der Waals surface area contributed by atoms with Gasteiger partial charge in [0.1, 0.15) is 13.2 Å². The van der Waals surface area contributed by atoms with Crippen LogP contribution in [0, 0.1) is 0 Å². The minimum atomic E-state index is -0.796. The molecule has 0 aromatic rings. The smallest absolute Gasteiger partial charge is 0.306 e. The van der Waals surface area contributed by atoms with Crippen LogP contribution in [0.5, 0.6) is 0 Å². The number of esters is 3. The Bertz CT molecular complexity index is 1710. The number of hydrogen-bond acceptors (Lipinski definition) is 6. The Balaban J connectivity index is 4.20. The molecular weight excluding hydrogens is 961 g/mol. The molecule has 0 aliphatic heterocycles.